The predicted molar refractivity (Wildman–Crippen MR) is 34.4 cm³/mol. The van der Waals surface area contributed by atoms with Gasteiger partial charge in [-0.3, -0.25) is 0 Å². The molecule has 1 saturated heterocycles. The fraction of sp³-hybridized carbons (Fsp3) is 1.00. The Bertz CT molecular complexity index is 139. The molecule has 1 rings (SSSR count). The Morgan fingerprint density at radius 3 is 2.67 bits per heavy atom. The average Bonchev–Trinajstić information content (AvgIpc) is 2.38. The largest absolute Gasteiger partial charge is 0.371 e. The number of epoxide rings is 1. The monoisotopic (exact) mass is 170 g/mol. The van der Waals surface area contributed by atoms with E-state index in [2.05, 4.69) is 16.3 Å². The topological polar surface area (TPSA) is 62.2 Å². The number of rotatable bonds is 3. The van der Waals surface area contributed by atoms with Crippen molar-refractivity contribution in [2.24, 2.45) is 0 Å². The Kier molecular flexibility index (Phi) is 2.21. The molecule has 0 radical (unpaired) electrons. The molecule has 2 N–H and O–H groups in total. The molecule has 0 aliphatic carbocycles. The number of hydrogen-bond donors (Lipinski definition) is 2. The Hall–Kier alpha value is 0.490. The molecule has 0 aromatic carbocycles. The highest BCUT2D eigenvalue weighted by Crippen LogP contribution is 2.37. The first-order chi connectivity index (χ1) is 4.08. The van der Waals surface area contributed by atoms with Gasteiger partial charge in [-0.15, -0.1) is 0 Å². The minimum absolute atomic E-state index is 0.0339. The van der Waals surface area contributed by atoms with Gasteiger partial charge in [0, 0.05) is 0 Å². The summed E-state index contributed by atoms with van der Waals surface area (Å²) >= 11 is 4.18. The van der Waals surface area contributed by atoms with Gasteiger partial charge in [-0.05, 0) is 11.8 Å². The van der Waals surface area contributed by atoms with E-state index < -0.39 is 6.72 Å². The summed E-state index contributed by atoms with van der Waals surface area (Å²) in [6.07, 6.45) is 0.0339. The van der Waals surface area contributed by atoms with Crippen LogP contribution in [-0.4, -0.2) is 29.1 Å². The van der Waals surface area contributed by atoms with Crippen LogP contribution in [-0.2, 0) is 21.1 Å². The zero-order chi connectivity index (χ0) is 6.91. The molecular weight excluding hydrogens is 163 g/mol. The van der Waals surface area contributed by atoms with Crippen LogP contribution in [0, 0.1) is 0 Å². The first-order valence-electron chi connectivity index (χ1n) is 2.39. The van der Waals surface area contributed by atoms with Gasteiger partial charge in [-0.25, -0.2) is 0 Å². The van der Waals surface area contributed by atoms with Crippen molar-refractivity contribution in [3.8, 4) is 0 Å². The SMILES string of the molecule is OP(O)(=S)OCC1CO1. The quantitative estimate of drug-likeness (QED) is 0.446. The van der Waals surface area contributed by atoms with Gasteiger partial charge in [0.05, 0.1) is 13.2 Å². The second-order valence-electron chi connectivity index (χ2n) is 1.74. The molecule has 1 aliphatic rings. The molecule has 1 atom stereocenters. The molecule has 0 aromatic heterocycles. The Morgan fingerprint density at radius 2 is 2.33 bits per heavy atom. The average molecular weight is 170 g/mol. The molecule has 6 heteroatoms. The van der Waals surface area contributed by atoms with Gasteiger partial charge in [0.15, 0.2) is 0 Å². The molecule has 4 nitrogen and oxygen atoms in total. The fourth-order valence-electron chi connectivity index (χ4n) is 0.344. The molecule has 0 aromatic rings. The van der Waals surface area contributed by atoms with E-state index in [9.17, 15) is 0 Å². The van der Waals surface area contributed by atoms with E-state index in [1.165, 1.54) is 0 Å². The van der Waals surface area contributed by atoms with Crippen molar-refractivity contribution >= 4 is 18.5 Å². The van der Waals surface area contributed by atoms with E-state index in [4.69, 9.17) is 14.5 Å². The van der Waals surface area contributed by atoms with Crippen molar-refractivity contribution in [3.05, 3.63) is 0 Å². The van der Waals surface area contributed by atoms with Crippen molar-refractivity contribution in [1.82, 2.24) is 0 Å². The van der Waals surface area contributed by atoms with Crippen LogP contribution in [0.4, 0.5) is 0 Å². The molecule has 1 unspecified atom stereocenters. The first-order valence-corrected chi connectivity index (χ1v) is 5.02. The fourth-order valence-corrected chi connectivity index (χ4v) is 0.888. The molecule has 0 amide bonds. The summed E-state index contributed by atoms with van der Waals surface area (Å²) in [5, 5.41) is 0. The summed E-state index contributed by atoms with van der Waals surface area (Å²) in [4.78, 5) is 17.0. The highest BCUT2D eigenvalue weighted by molar-refractivity contribution is 8.06. The van der Waals surface area contributed by atoms with Crippen molar-refractivity contribution in [2.75, 3.05) is 13.2 Å². The summed E-state index contributed by atoms with van der Waals surface area (Å²) in [6, 6.07) is 0. The van der Waals surface area contributed by atoms with Gasteiger partial charge >= 0.3 is 6.72 Å². The summed E-state index contributed by atoms with van der Waals surface area (Å²) in [7, 11) is 0. The van der Waals surface area contributed by atoms with Crippen LogP contribution < -0.4 is 0 Å². The molecular formula is C3H7O4PS. The van der Waals surface area contributed by atoms with Crippen molar-refractivity contribution in [2.45, 2.75) is 6.10 Å². The summed E-state index contributed by atoms with van der Waals surface area (Å²) in [6.45, 7) is -2.59. The molecule has 1 heterocycles. The lowest BCUT2D eigenvalue weighted by molar-refractivity contribution is 0.222. The number of hydrogen-bond acceptors (Lipinski definition) is 3. The highest BCUT2D eigenvalue weighted by Gasteiger charge is 2.24. The Labute approximate surface area is 57.7 Å². The van der Waals surface area contributed by atoms with Gasteiger partial charge < -0.3 is 19.0 Å². The van der Waals surface area contributed by atoms with Gasteiger partial charge in [-0.2, -0.15) is 0 Å². The van der Waals surface area contributed by atoms with Crippen LogP contribution in [0.25, 0.3) is 0 Å². The summed E-state index contributed by atoms with van der Waals surface area (Å²) < 4.78 is 9.19. The smallest absolute Gasteiger partial charge is 0.321 e. The standard InChI is InChI=1S/C3H7O4PS/c4-8(5,9)7-2-3-1-6-3/h3H,1-2H2,(H2,4,5,9). The molecule has 1 aliphatic heterocycles. The van der Waals surface area contributed by atoms with Gasteiger partial charge in [0.25, 0.3) is 0 Å². The third-order valence-electron chi connectivity index (χ3n) is 0.831. The lowest BCUT2D eigenvalue weighted by atomic mass is 10.5. The van der Waals surface area contributed by atoms with Crippen molar-refractivity contribution in [1.29, 1.82) is 0 Å². The van der Waals surface area contributed by atoms with E-state index in [1.807, 2.05) is 0 Å². The third kappa shape index (κ3) is 3.97. The predicted octanol–water partition coefficient (Wildman–Crippen LogP) is -0.389. The van der Waals surface area contributed by atoms with Gasteiger partial charge in [0.1, 0.15) is 6.10 Å². The van der Waals surface area contributed by atoms with Crippen LogP contribution in [0.2, 0.25) is 0 Å². The molecule has 54 valence electrons. The number of ether oxygens (including phenoxy) is 1. The molecule has 9 heavy (non-hydrogen) atoms. The third-order valence-corrected chi connectivity index (χ3v) is 1.63. The second kappa shape index (κ2) is 2.62. The molecule has 0 saturated carbocycles. The maximum atomic E-state index is 8.50. The maximum absolute atomic E-state index is 8.50. The molecule has 0 bridgehead atoms. The van der Waals surface area contributed by atoms with E-state index in [0.717, 1.165) is 0 Å². The van der Waals surface area contributed by atoms with Crippen LogP contribution in [0.3, 0.4) is 0 Å². The molecule has 0 spiro atoms. The van der Waals surface area contributed by atoms with Crippen molar-refractivity contribution < 1.29 is 19.0 Å². The van der Waals surface area contributed by atoms with E-state index in [0.29, 0.717) is 6.61 Å². The summed E-state index contributed by atoms with van der Waals surface area (Å²) in [5.41, 5.74) is 0. The van der Waals surface area contributed by atoms with Crippen LogP contribution >= 0.6 is 6.72 Å². The van der Waals surface area contributed by atoms with Crippen molar-refractivity contribution in [3.63, 3.8) is 0 Å². The van der Waals surface area contributed by atoms with E-state index >= 15 is 0 Å². The van der Waals surface area contributed by atoms with E-state index in [1.54, 1.807) is 0 Å². The minimum Gasteiger partial charge on any atom is -0.371 e. The first kappa shape index (κ1) is 7.60. The van der Waals surface area contributed by atoms with Crippen LogP contribution in [0.15, 0.2) is 0 Å². The van der Waals surface area contributed by atoms with Gasteiger partial charge in [-0.1, -0.05) is 0 Å². The highest BCUT2D eigenvalue weighted by atomic mass is 32.5. The summed E-state index contributed by atoms with van der Waals surface area (Å²) in [5.74, 6) is 0. The Balaban J connectivity index is 2.10. The zero-order valence-electron chi connectivity index (χ0n) is 4.56. The lowest BCUT2D eigenvalue weighted by Gasteiger charge is -2.04. The van der Waals surface area contributed by atoms with Crippen LogP contribution in [0.1, 0.15) is 0 Å². The zero-order valence-corrected chi connectivity index (χ0v) is 6.27. The minimum atomic E-state index is -3.43. The van der Waals surface area contributed by atoms with Gasteiger partial charge in [0.2, 0.25) is 0 Å². The van der Waals surface area contributed by atoms with Crippen LogP contribution in [0.5, 0.6) is 0 Å². The second-order valence-corrected chi connectivity index (χ2v) is 4.41. The maximum Gasteiger partial charge on any atom is 0.321 e. The normalized spacial score (nSPS) is 26.2. The lowest BCUT2D eigenvalue weighted by Crippen LogP contribution is -1.98. The Morgan fingerprint density at radius 1 is 1.78 bits per heavy atom. The molecule has 1 fully saturated rings. The van der Waals surface area contributed by atoms with E-state index in [-0.39, 0.29) is 12.7 Å².